The number of aryl methyl sites for hydroxylation is 1. The van der Waals surface area contributed by atoms with Crippen LogP contribution in [0.5, 0.6) is 0 Å². The third-order valence-electron chi connectivity index (χ3n) is 5.74. The number of benzene rings is 3. The minimum atomic E-state index is -4.22. The molecule has 0 spiro atoms. The van der Waals surface area contributed by atoms with Crippen molar-refractivity contribution in [2.75, 3.05) is 17.9 Å². The Morgan fingerprint density at radius 3 is 2.11 bits per heavy atom. The van der Waals surface area contributed by atoms with E-state index in [1.54, 1.807) is 43.3 Å². The highest BCUT2D eigenvalue weighted by atomic mass is 35.5. The van der Waals surface area contributed by atoms with Crippen LogP contribution in [0.1, 0.15) is 18.1 Å². The van der Waals surface area contributed by atoms with Gasteiger partial charge >= 0.3 is 0 Å². The molecule has 3 rings (SSSR count). The number of hydrogen-bond acceptors (Lipinski definition) is 4. The zero-order valence-corrected chi connectivity index (χ0v) is 23.5. The first-order valence-corrected chi connectivity index (χ1v) is 13.8. The van der Waals surface area contributed by atoms with E-state index in [1.807, 2.05) is 6.92 Å². The molecule has 0 aromatic heterocycles. The van der Waals surface area contributed by atoms with E-state index in [2.05, 4.69) is 5.32 Å². The van der Waals surface area contributed by atoms with E-state index in [0.29, 0.717) is 10.6 Å². The van der Waals surface area contributed by atoms with E-state index in [0.717, 1.165) is 9.87 Å². The molecule has 1 atom stereocenters. The van der Waals surface area contributed by atoms with Crippen molar-refractivity contribution in [1.82, 2.24) is 10.2 Å². The van der Waals surface area contributed by atoms with Crippen LogP contribution in [0.4, 0.5) is 5.69 Å². The topological polar surface area (TPSA) is 86.8 Å². The molecule has 0 aliphatic carbocycles. The third kappa shape index (κ3) is 6.96. The van der Waals surface area contributed by atoms with E-state index >= 15 is 0 Å². The zero-order valence-electron chi connectivity index (χ0n) is 20.4. The van der Waals surface area contributed by atoms with Gasteiger partial charge in [0.2, 0.25) is 11.8 Å². The second kappa shape index (κ2) is 12.2. The quantitative estimate of drug-likeness (QED) is 0.370. The van der Waals surface area contributed by atoms with Gasteiger partial charge in [-0.05, 0) is 55.8 Å². The number of likely N-dealkylation sites (N-methyl/N-ethyl adjacent to an activating group) is 1. The molecule has 3 aromatic carbocycles. The highest BCUT2D eigenvalue weighted by Gasteiger charge is 2.32. The summed E-state index contributed by atoms with van der Waals surface area (Å²) in [6.45, 7) is 2.77. The minimum absolute atomic E-state index is 0.0121. The lowest BCUT2D eigenvalue weighted by molar-refractivity contribution is -0.139. The van der Waals surface area contributed by atoms with Crippen molar-refractivity contribution >= 4 is 62.3 Å². The molecule has 0 aliphatic heterocycles. The number of carbonyl (C=O) groups excluding carboxylic acids is 2. The highest BCUT2D eigenvalue weighted by molar-refractivity contribution is 7.92. The van der Waals surface area contributed by atoms with Crippen LogP contribution < -0.4 is 9.62 Å². The second-order valence-electron chi connectivity index (χ2n) is 8.36. The van der Waals surface area contributed by atoms with Crippen LogP contribution in [0.3, 0.4) is 0 Å². The Balaban J connectivity index is 2.08. The number of anilines is 1. The summed E-state index contributed by atoms with van der Waals surface area (Å²) in [6.07, 6.45) is 0. The van der Waals surface area contributed by atoms with Gasteiger partial charge in [0, 0.05) is 28.7 Å². The molecular formula is C26H26Cl3N3O4S. The standard InChI is InChI=1S/C26H26Cl3N3O4S/c1-17-8-10-23(11-9-17)37(35,36)32(22-13-20(27)12-21(28)14-22)16-25(33)31(18(2)26(34)30-3)15-19-6-4-5-7-24(19)29/h4-14,18H,15-16H2,1-3H3,(H,30,34)/t18-/m0/s1. The molecule has 0 unspecified atom stereocenters. The van der Waals surface area contributed by atoms with Gasteiger partial charge in [0.1, 0.15) is 12.6 Å². The van der Waals surface area contributed by atoms with Gasteiger partial charge in [0.15, 0.2) is 0 Å². The Kier molecular flexibility index (Phi) is 9.47. The first-order valence-electron chi connectivity index (χ1n) is 11.2. The van der Waals surface area contributed by atoms with E-state index < -0.39 is 34.4 Å². The summed E-state index contributed by atoms with van der Waals surface area (Å²) in [5, 5.41) is 3.34. The molecule has 2 amide bonds. The molecule has 0 aliphatic rings. The van der Waals surface area contributed by atoms with Gasteiger partial charge in [0.25, 0.3) is 10.0 Å². The van der Waals surface area contributed by atoms with E-state index in [9.17, 15) is 18.0 Å². The summed E-state index contributed by atoms with van der Waals surface area (Å²) >= 11 is 18.7. The second-order valence-corrected chi connectivity index (χ2v) is 11.5. The molecule has 0 bridgehead atoms. The third-order valence-corrected chi connectivity index (χ3v) is 8.33. The summed E-state index contributed by atoms with van der Waals surface area (Å²) in [4.78, 5) is 27.5. The Hall–Kier alpha value is -2.78. The number of sulfonamides is 1. The summed E-state index contributed by atoms with van der Waals surface area (Å²) in [7, 11) is -2.77. The van der Waals surface area contributed by atoms with E-state index in [1.165, 1.54) is 42.3 Å². The maximum atomic E-state index is 13.8. The van der Waals surface area contributed by atoms with Gasteiger partial charge < -0.3 is 10.2 Å². The highest BCUT2D eigenvalue weighted by Crippen LogP contribution is 2.30. The fraction of sp³-hybridized carbons (Fsp3) is 0.231. The summed E-state index contributed by atoms with van der Waals surface area (Å²) in [5.74, 6) is -1.04. The molecule has 0 fully saturated rings. The summed E-state index contributed by atoms with van der Waals surface area (Å²) < 4.78 is 28.5. The average molecular weight is 583 g/mol. The van der Waals surface area contributed by atoms with Crippen molar-refractivity contribution in [2.45, 2.75) is 31.3 Å². The molecule has 37 heavy (non-hydrogen) atoms. The molecule has 1 N–H and O–H groups in total. The number of amides is 2. The normalized spacial score (nSPS) is 12.1. The number of halogens is 3. The van der Waals surface area contributed by atoms with Crippen molar-refractivity contribution in [1.29, 1.82) is 0 Å². The van der Waals surface area contributed by atoms with E-state index in [-0.39, 0.29) is 27.2 Å². The molecule has 7 nitrogen and oxygen atoms in total. The Bertz CT molecular complexity index is 1380. The predicted octanol–water partition coefficient (Wildman–Crippen LogP) is 5.31. The van der Waals surface area contributed by atoms with Crippen LogP contribution >= 0.6 is 34.8 Å². The van der Waals surface area contributed by atoms with Gasteiger partial charge in [0.05, 0.1) is 10.6 Å². The van der Waals surface area contributed by atoms with Gasteiger partial charge in [-0.1, -0.05) is 70.7 Å². The molecule has 0 radical (unpaired) electrons. The van der Waals surface area contributed by atoms with Crippen molar-refractivity contribution in [3.63, 3.8) is 0 Å². The number of nitrogens with one attached hydrogen (secondary N) is 1. The molecular weight excluding hydrogens is 557 g/mol. The smallest absolute Gasteiger partial charge is 0.264 e. The lowest BCUT2D eigenvalue weighted by Gasteiger charge is -2.32. The Morgan fingerprint density at radius 1 is 0.946 bits per heavy atom. The first kappa shape index (κ1) is 28.8. The molecule has 196 valence electrons. The maximum Gasteiger partial charge on any atom is 0.264 e. The fourth-order valence-electron chi connectivity index (χ4n) is 3.65. The van der Waals surface area contributed by atoms with Crippen LogP contribution in [0.2, 0.25) is 15.1 Å². The van der Waals surface area contributed by atoms with Crippen LogP contribution in [0, 0.1) is 6.92 Å². The van der Waals surface area contributed by atoms with Crippen LogP contribution in [-0.4, -0.2) is 44.8 Å². The predicted molar refractivity (Wildman–Crippen MR) is 148 cm³/mol. The maximum absolute atomic E-state index is 13.8. The van der Waals surface area contributed by atoms with Gasteiger partial charge in [-0.2, -0.15) is 0 Å². The van der Waals surface area contributed by atoms with Gasteiger partial charge in [-0.3, -0.25) is 13.9 Å². The number of nitrogens with zero attached hydrogens (tertiary/aromatic N) is 2. The molecule has 0 saturated heterocycles. The minimum Gasteiger partial charge on any atom is -0.357 e. The number of carbonyl (C=O) groups is 2. The van der Waals surface area contributed by atoms with Crippen molar-refractivity contribution in [2.24, 2.45) is 0 Å². The fourth-order valence-corrected chi connectivity index (χ4v) is 5.76. The lowest BCUT2D eigenvalue weighted by atomic mass is 10.1. The van der Waals surface area contributed by atoms with E-state index in [4.69, 9.17) is 34.8 Å². The van der Waals surface area contributed by atoms with Gasteiger partial charge in [-0.25, -0.2) is 8.42 Å². The van der Waals surface area contributed by atoms with Gasteiger partial charge in [-0.15, -0.1) is 0 Å². The zero-order chi connectivity index (χ0) is 27.3. The lowest BCUT2D eigenvalue weighted by Crippen LogP contribution is -2.50. The Morgan fingerprint density at radius 2 is 1.54 bits per heavy atom. The molecule has 3 aromatic rings. The van der Waals surface area contributed by atoms with Crippen molar-refractivity contribution in [3.05, 3.63) is 92.9 Å². The van der Waals surface area contributed by atoms with Crippen LogP contribution in [0.25, 0.3) is 0 Å². The number of hydrogen-bond donors (Lipinski definition) is 1. The summed E-state index contributed by atoms with van der Waals surface area (Å²) in [6, 6.07) is 16.5. The largest absolute Gasteiger partial charge is 0.357 e. The Labute approximate surface area is 232 Å². The molecule has 11 heteroatoms. The average Bonchev–Trinajstić information content (AvgIpc) is 2.85. The number of rotatable bonds is 9. The van der Waals surface area contributed by atoms with Crippen LogP contribution in [-0.2, 0) is 26.2 Å². The SMILES string of the molecule is CNC(=O)[C@H](C)N(Cc1ccccc1Cl)C(=O)CN(c1cc(Cl)cc(Cl)c1)S(=O)(=O)c1ccc(C)cc1. The summed E-state index contributed by atoms with van der Waals surface area (Å²) in [5.41, 5.74) is 1.58. The monoisotopic (exact) mass is 581 g/mol. The van der Waals surface area contributed by atoms with Crippen LogP contribution in [0.15, 0.2) is 71.6 Å². The van der Waals surface area contributed by atoms with Crippen molar-refractivity contribution < 1.29 is 18.0 Å². The molecule has 0 heterocycles. The molecule has 0 saturated carbocycles. The van der Waals surface area contributed by atoms with Crippen molar-refractivity contribution in [3.8, 4) is 0 Å². The first-order chi connectivity index (χ1) is 17.4.